The van der Waals surface area contributed by atoms with E-state index in [1.54, 1.807) is 45.0 Å². The van der Waals surface area contributed by atoms with E-state index in [0.717, 1.165) is 36.5 Å². The van der Waals surface area contributed by atoms with Crippen LogP contribution in [0.1, 0.15) is 80.5 Å². The molecule has 2 aromatic carbocycles. The molecule has 1 aliphatic carbocycles. The average Bonchev–Trinajstić information content (AvgIpc) is 2.69. The van der Waals surface area contributed by atoms with Gasteiger partial charge in [-0.15, -0.1) is 0 Å². The molecule has 0 aliphatic heterocycles. The van der Waals surface area contributed by atoms with E-state index in [4.69, 9.17) is 5.11 Å². The number of aliphatic hydroxyl groups is 2. The SMILES string of the molecule is CC(C)(C)O.CC1(O)CCCCC1.O=Cc1ccccc1.O=Cc1ccccc1. The Morgan fingerprint density at radius 3 is 1.24 bits per heavy atom. The predicted octanol–water partition coefficient (Wildman–Crippen LogP) is 5.48. The summed E-state index contributed by atoms with van der Waals surface area (Å²) in [4.78, 5) is 20.0. The van der Waals surface area contributed by atoms with Gasteiger partial charge in [0.1, 0.15) is 12.6 Å². The molecule has 1 fully saturated rings. The zero-order valence-corrected chi connectivity index (χ0v) is 18.2. The molecule has 0 saturated heterocycles. The Labute approximate surface area is 175 Å². The molecule has 0 atom stereocenters. The maximum absolute atomic E-state index is 10.0. The average molecular weight is 401 g/mol. The molecule has 2 aromatic rings. The van der Waals surface area contributed by atoms with Gasteiger partial charge >= 0.3 is 0 Å². The third-order valence-corrected chi connectivity index (χ3v) is 3.80. The summed E-state index contributed by atoms with van der Waals surface area (Å²) in [6.07, 6.45) is 7.43. The second kappa shape index (κ2) is 14.7. The summed E-state index contributed by atoms with van der Waals surface area (Å²) in [7, 11) is 0. The molecular formula is C25H36O4. The minimum absolute atomic E-state index is 0.321. The van der Waals surface area contributed by atoms with Crippen LogP contribution < -0.4 is 0 Å². The number of benzene rings is 2. The first-order valence-electron chi connectivity index (χ1n) is 10.0. The van der Waals surface area contributed by atoms with Gasteiger partial charge in [-0.05, 0) is 40.5 Å². The van der Waals surface area contributed by atoms with Crippen molar-refractivity contribution in [3.05, 3.63) is 71.8 Å². The Morgan fingerprint density at radius 1 is 0.759 bits per heavy atom. The quantitative estimate of drug-likeness (QED) is 0.655. The first kappa shape index (κ1) is 26.7. The van der Waals surface area contributed by atoms with Crippen molar-refractivity contribution in [2.45, 2.75) is 71.0 Å². The minimum atomic E-state index is -0.500. The molecule has 29 heavy (non-hydrogen) atoms. The van der Waals surface area contributed by atoms with Crippen LogP contribution in [-0.2, 0) is 0 Å². The molecule has 0 amide bonds. The van der Waals surface area contributed by atoms with Gasteiger partial charge in [0.15, 0.2) is 0 Å². The van der Waals surface area contributed by atoms with Crippen LogP contribution in [0.3, 0.4) is 0 Å². The van der Waals surface area contributed by atoms with Crippen LogP contribution in [0.5, 0.6) is 0 Å². The van der Waals surface area contributed by atoms with E-state index < -0.39 is 5.60 Å². The highest BCUT2D eigenvalue weighted by atomic mass is 16.3. The van der Waals surface area contributed by atoms with Gasteiger partial charge in [-0.1, -0.05) is 79.9 Å². The highest BCUT2D eigenvalue weighted by molar-refractivity contribution is 5.74. The van der Waals surface area contributed by atoms with Crippen LogP contribution in [0.15, 0.2) is 60.7 Å². The Morgan fingerprint density at radius 2 is 1.07 bits per heavy atom. The van der Waals surface area contributed by atoms with Gasteiger partial charge in [0.05, 0.1) is 11.2 Å². The Kier molecular flexibility index (Phi) is 13.5. The first-order chi connectivity index (χ1) is 13.6. The van der Waals surface area contributed by atoms with Gasteiger partial charge in [-0.2, -0.15) is 0 Å². The van der Waals surface area contributed by atoms with Gasteiger partial charge in [0.2, 0.25) is 0 Å². The van der Waals surface area contributed by atoms with E-state index in [-0.39, 0.29) is 5.60 Å². The van der Waals surface area contributed by atoms with Crippen molar-refractivity contribution in [3.63, 3.8) is 0 Å². The third kappa shape index (κ3) is 18.8. The second-order valence-corrected chi connectivity index (χ2v) is 8.29. The third-order valence-electron chi connectivity index (χ3n) is 3.80. The minimum Gasteiger partial charge on any atom is -0.391 e. The maximum atomic E-state index is 10.0. The van der Waals surface area contributed by atoms with Crippen molar-refractivity contribution < 1.29 is 19.8 Å². The normalized spacial score (nSPS) is 14.4. The largest absolute Gasteiger partial charge is 0.391 e. The first-order valence-corrected chi connectivity index (χ1v) is 10.0. The van der Waals surface area contributed by atoms with E-state index in [2.05, 4.69) is 0 Å². The molecule has 160 valence electrons. The molecular weight excluding hydrogens is 364 g/mol. The molecule has 4 heteroatoms. The molecule has 4 nitrogen and oxygen atoms in total. The zero-order chi connectivity index (χ0) is 22.2. The molecule has 0 radical (unpaired) electrons. The molecule has 0 unspecified atom stereocenters. The summed E-state index contributed by atoms with van der Waals surface area (Å²) >= 11 is 0. The van der Waals surface area contributed by atoms with Crippen LogP contribution in [0, 0.1) is 0 Å². The molecule has 0 spiro atoms. The van der Waals surface area contributed by atoms with Gasteiger partial charge in [0.25, 0.3) is 0 Å². The van der Waals surface area contributed by atoms with Gasteiger partial charge < -0.3 is 10.2 Å². The summed E-state index contributed by atoms with van der Waals surface area (Å²) in [5, 5.41) is 17.9. The van der Waals surface area contributed by atoms with Crippen LogP contribution in [0.25, 0.3) is 0 Å². The maximum Gasteiger partial charge on any atom is 0.150 e. The molecule has 0 heterocycles. The summed E-state index contributed by atoms with van der Waals surface area (Å²) in [6, 6.07) is 18.2. The topological polar surface area (TPSA) is 74.6 Å². The zero-order valence-electron chi connectivity index (χ0n) is 18.2. The molecule has 0 aromatic heterocycles. The molecule has 3 rings (SSSR count). The van der Waals surface area contributed by atoms with Crippen LogP contribution >= 0.6 is 0 Å². The number of carbonyl (C=O) groups excluding carboxylic acids is 2. The number of rotatable bonds is 2. The lowest BCUT2D eigenvalue weighted by atomic mass is 9.87. The highest BCUT2D eigenvalue weighted by Gasteiger charge is 2.22. The summed E-state index contributed by atoms with van der Waals surface area (Å²) in [6.45, 7) is 7.17. The van der Waals surface area contributed by atoms with Crippen molar-refractivity contribution in [1.82, 2.24) is 0 Å². The molecule has 1 aliphatic rings. The van der Waals surface area contributed by atoms with E-state index in [1.807, 2.05) is 43.3 Å². The lowest BCUT2D eigenvalue weighted by Crippen LogP contribution is -2.26. The lowest BCUT2D eigenvalue weighted by Gasteiger charge is -2.27. The van der Waals surface area contributed by atoms with Crippen molar-refractivity contribution in [2.24, 2.45) is 0 Å². The molecule has 0 bridgehead atoms. The van der Waals surface area contributed by atoms with E-state index in [0.29, 0.717) is 0 Å². The highest BCUT2D eigenvalue weighted by Crippen LogP contribution is 2.26. The molecule has 1 saturated carbocycles. The Balaban J connectivity index is 0.000000367. The van der Waals surface area contributed by atoms with Gasteiger partial charge in [0, 0.05) is 11.1 Å². The van der Waals surface area contributed by atoms with Crippen molar-refractivity contribution >= 4 is 12.6 Å². The van der Waals surface area contributed by atoms with E-state index in [1.165, 1.54) is 19.3 Å². The van der Waals surface area contributed by atoms with Gasteiger partial charge in [-0.3, -0.25) is 9.59 Å². The van der Waals surface area contributed by atoms with E-state index in [9.17, 15) is 14.7 Å². The van der Waals surface area contributed by atoms with Crippen LogP contribution in [0.4, 0.5) is 0 Å². The molecule has 2 N–H and O–H groups in total. The number of aldehydes is 2. The second-order valence-electron chi connectivity index (χ2n) is 8.29. The van der Waals surface area contributed by atoms with Crippen molar-refractivity contribution in [1.29, 1.82) is 0 Å². The summed E-state index contributed by atoms with van der Waals surface area (Å²) in [5.41, 5.74) is 0.637. The van der Waals surface area contributed by atoms with Gasteiger partial charge in [-0.25, -0.2) is 0 Å². The standard InChI is InChI=1S/C7H14O.2C7H6O.C4H10O/c1-7(8)5-3-2-4-6-7;2*8-6-7-4-2-1-3-5-7;1-4(2,3)5/h8H,2-6H2,1H3;2*1-6H;5H,1-3H3. The predicted molar refractivity (Wildman–Crippen MR) is 119 cm³/mol. The smallest absolute Gasteiger partial charge is 0.150 e. The van der Waals surface area contributed by atoms with E-state index >= 15 is 0 Å². The van der Waals surface area contributed by atoms with Crippen molar-refractivity contribution in [2.75, 3.05) is 0 Å². The fraction of sp³-hybridized carbons (Fsp3) is 0.440. The van der Waals surface area contributed by atoms with Crippen molar-refractivity contribution in [3.8, 4) is 0 Å². The monoisotopic (exact) mass is 400 g/mol. The summed E-state index contributed by atoms with van der Waals surface area (Å²) in [5.74, 6) is 0. The number of carbonyl (C=O) groups is 2. The summed E-state index contributed by atoms with van der Waals surface area (Å²) < 4.78 is 0. The van der Waals surface area contributed by atoms with Crippen LogP contribution in [-0.4, -0.2) is 34.0 Å². The fourth-order valence-electron chi connectivity index (χ4n) is 2.38. The number of hydrogen-bond acceptors (Lipinski definition) is 4. The van der Waals surface area contributed by atoms with Crippen LogP contribution in [0.2, 0.25) is 0 Å². The number of hydrogen-bond donors (Lipinski definition) is 2. The Bertz CT molecular complexity index is 601. The fourth-order valence-corrected chi connectivity index (χ4v) is 2.38. The lowest BCUT2D eigenvalue weighted by molar-refractivity contribution is 0.0225. The Hall–Kier alpha value is -2.30.